The molecule has 0 saturated carbocycles. The van der Waals surface area contributed by atoms with Gasteiger partial charge in [0.05, 0.1) is 16.4 Å². The van der Waals surface area contributed by atoms with E-state index in [0.29, 0.717) is 0 Å². The number of nitrogens with zero attached hydrogens (tertiary/aromatic N) is 1. The van der Waals surface area contributed by atoms with Crippen LogP contribution in [-0.4, -0.2) is 14.1 Å². The van der Waals surface area contributed by atoms with E-state index < -0.39 is 5.82 Å². The molecule has 2 nitrogen and oxygen atoms in total. The first kappa shape index (κ1) is 16.1. The molecule has 0 heterocycles. The number of hydrogen-bond acceptors (Lipinski definition) is 2. The highest BCUT2D eigenvalue weighted by Gasteiger charge is 2.12. The maximum atomic E-state index is 13.6. The summed E-state index contributed by atoms with van der Waals surface area (Å²) in [7, 11) is 3.97. The van der Waals surface area contributed by atoms with Crippen molar-refractivity contribution in [3.8, 4) is 0 Å². The van der Waals surface area contributed by atoms with Crippen molar-refractivity contribution in [3.63, 3.8) is 0 Å². The molecule has 5 heteroatoms. The summed E-state index contributed by atoms with van der Waals surface area (Å²) in [5, 5.41) is 3.56. The van der Waals surface area contributed by atoms with Gasteiger partial charge < -0.3 is 10.2 Å². The normalized spacial score (nSPS) is 12.1. The molecule has 0 aliphatic carbocycles. The molecule has 21 heavy (non-hydrogen) atoms. The van der Waals surface area contributed by atoms with E-state index in [2.05, 4.69) is 21.2 Å². The fraction of sp³-hybridized carbons (Fsp3) is 0.250. The SMILES string of the molecule is CC(Nc1cc(Br)ccc1N(C)C)c1ccc(Cl)c(F)c1. The van der Waals surface area contributed by atoms with Crippen LogP contribution < -0.4 is 10.2 Å². The second-order valence-corrected chi connectivity index (χ2v) is 6.42. The van der Waals surface area contributed by atoms with Crippen LogP contribution in [0, 0.1) is 5.82 Å². The summed E-state index contributed by atoms with van der Waals surface area (Å²) in [4.78, 5) is 2.03. The Morgan fingerprint density at radius 2 is 1.90 bits per heavy atom. The molecule has 2 rings (SSSR count). The smallest absolute Gasteiger partial charge is 0.142 e. The van der Waals surface area contributed by atoms with Crippen molar-refractivity contribution in [1.82, 2.24) is 0 Å². The Bertz CT molecular complexity index is 646. The molecule has 2 aromatic rings. The van der Waals surface area contributed by atoms with Gasteiger partial charge in [0.1, 0.15) is 5.82 Å². The lowest BCUT2D eigenvalue weighted by atomic mass is 10.1. The zero-order valence-electron chi connectivity index (χ0n) is 12.1. The Hall–Kier alpha value is -1.26. The van der Waals surface area contributed by atoms with Crippen LogP contribution in [0.25, 0.3) is 0 Å². The summed E-state index contributed by atoms with van der Waals surface area (Å²) >= 11 is 9.20. The molecule has 0 fully saturated rings. The lowest BCUT2D eigenvalue weighted by Crippen LogP contribution is -2.14. The average Bonchev–Trinajstić information content (AvgIpc) is 2.41. The first-order chi connectivity index (χ1) is 9.88. The van der Waals surface area contributed by atoms with E-state index in [0.717, 1.165) is 21.4 Å². The second kappa shape index (κ2) is 6.67. The summed E-state index contributed by atoms with van der Waals surface area (Å²) in [6, 6.07) is 10.9. The zero-order chi connectivity index (χ0) is 15.6. The number of halogens is 3. The van der Waals surface area contributed by atoms with Crippen LogP contribution in [0.2, 0.25) is 5.02 Å². The first-order valence-corrected chi connectivity index (χ1v) is 7.74. The molecule has 1 N–H and O–H groups in total. The molecular weight excluding hydrogens is 355 g/mol. The van der Waals surface area contributed by atoms with E-state index >= 15 is 0 Å². The third-order valence-electron chi connectivity index (χ3n) is 3.26. The topological polar surface area (TPSA) is 15.3 Å². The van der Waals surface area contributed by atoms with Gasteiger partial charge >= 0.3 is 0 Å². The Balaban J connectivity index is 2.28. The summed E-state index contributed by atoms with van der Waals surface area (Å²) in [5.41, 5.74) is 2.90. The molecular formula is C16H17BrClFN2. The van der Waals surface area contributed by atoms with Crippen molar-refractivity contribution in [2.75, 3.05) is 24.3 Å². The van der Waals surface area contributed by atoms with E-state index in [1.165, 1.54) is 6.07 Å². The Kier molecular flexibility index (Phi) is 5.12. The Morgan fingerprint density at radius 1 is 1.19 bits per heavy atom. The predicted molar refractivity (Wildman–Crippen MR) is 91.9 cm³/mol. The first-order valence-electron chi connectivity index (χ1n) is 6.57. The molecule has 0 aliphatic heterocycles. The Morgan fingerprint density at radius 3 is 2.52 bits per heavy atom. The maximum absolute atomic E-state index is 13.6. The molecule has 112 valence electrons. The highest BCUT2D eigenvalue weighted by Crippen LogP contribution is 2.31. The van der Waals surface area contributed by atoms with Crippen LogP contribution in [-0.2, 0) is 0 Å². The van der Waals surface area contributed by atoms with E-state index in [4.69, 9.17) is 11.6 Å². The molecule has 0 spiro atoms. The summed E-state index contributed by atoms with van der Waals surface area (Å²) in [6.07, 6.45) is 0. The fourth-order valence-corrected chi connectivity index (χ4v) is 2.59. The molecule has 1 atom stereocenters. The number of benzene rings is 2. The molecule has 0 bridgehead atoms. The minimum atomic E-state index is -0.398. The van der Waals surface area contributed by atoms with E-state index in [9.17, 15) is 4.39 Å². The van der Waals surface area contributed by atoms with Crippen molar-refractivity contribution >= 4 is 38.9 Å². The van der Waals surface area contributed by atoms with Gasteiger partial charge in [-0.2, -0.15) is 0 Å². The predicted octanol–water partition coefficient (Wildman–Crippen LogP) is 5.48. The standard InChI is InChI=1S/C16H17BrClFN2/c1-10(11-4-6-13(18)14(19)8-11)20-15-9-12(17)5-7-16(15)21(2)3/h4-10,20H,1-3H3. The van der Waals surface area contributed by atoms with Crippen molar-refractivity contribution < 1.29 is 4.39 Å². The fourth-order valence-electron chi connectivity index (χ4n) is 2.11. The van der Waals surface area contributed by atoms with Crippen molar-refractivity contribution in [3.05, 3.63) is 57.3 Å². The van der Waals surface area contributed by atoms with Gasteiger partial charge in [0.25, 0.3) is 0 Å². The molecule has 0 amide bonds. The third kappa shape index (κ3) is 3.89. The van der Waals surface area contributed by atoms with Crippen LogP contribution in [0.1, 0.15) is 18.5 Å². The van der Waals surface area contributed by atoms with Gasteiger partial charge in [0.2, 0.25) is 0 Å². The summed E-state index contributed by atoms with van der Waals surface area (Å²) in [5.74, 6) is -0.398. The van der Waals surface area contributed by atoms with Crippen LogP contribution in [0.15, 0.2) is 40.9 Å². The van der Waals surface area contributed by atoms with Crippen LogP contribution in [0.4, 0.5) is 15.8 Å². The van der Waals surface area contributed by atoms with Crippen LogP contribution >= 0.6 is 27.5 Å². The highest BCUT2D eigenvalue weighted by molar-refractivity contribution is 9.10. The summed E-state index contributed by atoms with van der Waals surface area (Å²) < 4.78 is 14.6. The zero-order valence-corrected chi connectivity index (χ0v) is 14.5. The quantitative estimate of drug-likeness (QED) is 0.765. The lowest BCUT2D eigenvalue weighted by Gasteiger charge is -2.22. The van der Waals surface area contributed by atoms with Crippen molar-refractivity contribution in [1.29, 1.82) is 0 Å². The third-order valence-corrected chi connectivity index (χ3v) is 4.06. The number of hydrogen-bond donors (Lipinski definition) is 1. The van der Waals surface area contributed by atoms with Gasteiger partial charge in [-0.15, -0.1) is 0 Å². The van der Waals surface area contributed by atoms with Crippen molar-refractivity contribution in [2.24, 2.45) is 0 Å². The lowest BCUT2D eigenvalue weighted by molar-refractivity contribution is 0.624. The number of anilines is 2. The molecule has 0 aromatic heterocycles. The van der Waals surface area contributed by atoms with Gasteiger partial charge in [0, 0.05) is 24.6 Å². The Labute approximate surface area is 138 Å². The average molecular weight is 372 g/mol. The van der Waals surface area contributed by atoms with Crippen LogP contribution in [0.3, 0.4) is 0 Å². The minimum Gasteiger partial charge on any atom is -0.377 e. The van der Waals surface area contributed by atoms with E-state index in [1.54, 1.807) is 6.07 Å². The van der Waals surface area contributed by atoms with Gasteiger partial charge in [0.15, 0.2) is 0 Å². The van der Waals surface area contributed by atoms with Gasteiger partial charge in [-0.3, -0.25) is 0 Å². The number of nitrogens with one attached hydrogen (secondary N) is 1. The summed E-state index contributed by atoms with van der Waals surface area (Å²) in [6.45, 7) is 1.99. The molecule has 0 radical (unpaired) electrons. The molecule has 0 aliphatic rings. The second-order valence-electron chi connectivity index (χ2n) is 5.10. The van der Waals surface area contributed by atoms with Crippen LogP contribution in [0.5, 0.6) is 0 Å². The highest BCUT2D eigenvalue weighted by atomic mass is 79.9. The molecule has 0 saturated heterocycles. The van der Waals surface area contributed by atoms with Gasteiger partial charge in [-0.05, 0) is 42.8 Å². The molecule has 1 unspecified atom stereocenters. The van der Waals surface area contributed by atoms with Gasteiger partial charge in [-0.1, -0.05) is 33.6 Å². The van der Waals surface area contributed by atoms with E-state index in [-0.39, 0.29) is 11.1 Å². The number of rotatable bonds is 4. The van der Waals surface area contributed by atoms with Crippen molar-refractivity contribution in [2.45, 2.75) is 13.0 Å². The maximum Gasteiger partial charge on any atom is 0.142 e. The molecule has 2 aromatic carbocycles. The van der Waals surface area contributed by atoms with E-state index in [1.807, 2.05) is 50.2 Å². The largest absolute Gasteiger partial charge is 0.377 e. The monoisotopic (exact) mass is 370 g/mol. The minimum absolute atomic E-state index is 0.0373. The van der Waals surface area contributed by atoms with Gasteiger partial charge in [-0.25, -0.2) is 4.39 Å².